The van der Waals surface area contributed by atoms with Crippen LogP contribution in [0.15, 0.2) is 96.0 Å². The summed E-state index contributed by atoms with van der Waals surface area (Å²) in [5.41, 5.74) is 1.66. The molecule has 0 N–H and O–H groups in total. The highest BCUT2D eigenvalue weighted by atomic mass is 35.5. The smallest absolute Gasteiger partial charge is 0.416 e. The zero-order valence-electron chi connectivity index (χ0n) is 21.5. The number of ether oxygens (including phenoxy) is 1. The Labute approximate surface area is 249 Å². The third-order valence-electron chi connectivity index (χ3n) is 6.83. The van der Waals surface area contributed by atoms with Crippen molar-refractivity contribution in [2.45, 2.75) is 24.1 Å². The molecule has 0 spiro atoms. The first-order valence-corrected chi connectivity index (χ1v) is 13.7. The molecule has 210 valence electrons. The Bertz CT molecular complexity index is 1590. The van der Waals surface area contributed by atoms with Crippen molar-refractivity contribution in [2.24, 2.45) is 4.99 Å². The fourth-order valence-corrected chi connectivity index (χ4v) is 5.23. The van der Waals surface area contributed by atoms with Gasteiger partial charge in [-0.2, -0.15) is 13.2 Å². The van der Waals surface area contributed by atoms with Gasteiger partial charge in [0.25, 0.3) is 5.91 Å². The molecule has 0 aromatic heterocycles. The first kappa shape index (κ1) is 29.0. The number of rotatable bonds is 6. The number of carbonyl (C=O) groups is 1. The van der Waals surface area contributed by atoms with Crippen molar-refractivity contribution in [3.63, 3.8) is 0 Å². The number of alkyl halides is 4. The fourth-order valence-electron chi connectivity index (χ4n) is 4.80. The van der Waals surface area contributed by atoms with E-state index in [2.05, 4.69) is 0 Å². The molecule has 1 heterocycles. The summed E-state index contributed by atoms with van der Waals surface area (Å²) >= 11 is 18.3. The first-order valence-electron chi connectivity index (χ1n) is 12.4. The van der Waals surface area contributed by atoms with E-state index in [-0.39, 0.29) is 23.0 Å². The third kappa shape index (κ3) is 5.94. The number of hydrogen-bond donors (Lipinski definition) is 0. The molecular weight excluding hydrogens is 596 g/mol. The highest BCUT2D eigenvalue weighted by molar-refractivity contribution is 6.30. The summed E-state index contributed by atoms with van der Waals surface area (Å²) in [6.07, 6.45) is -4.63. The Morgan fingerprint density at radius 1 is 0.878 bits per heavy atom. The summed E-state index contributed by atoms with van der Waals surface area (Å²) in [6, 6.07) is 22.3. The van der Waals surface area contributed by atoms with Crippen molar-refractivity contribution in [2.75, 3.05) is 7.11 Å². The van der Waals surface area contributed by atoms with Gasteiger partial charge in [-0.05, 0) is 71.3 Å². The van der Waals surface area contributed by atoms with Crippen LogP contribution in [0.1, 0.15) is 50.3 Å². The summed E-state index contributed by atoms with van der Waals surface area (Å²) in [6.45, 7) is 0. The van der Waals surface area contributed by atoms with Crippen LogP contribution in [0.4, 0.5) is 13.2 Å². The maximum absolute atomic E-state index is 14.3. The number of carbonyl (C=O) groups excluding carboxylic acids is 1. The molecule has 1 aliphatic heterocycles. The van der Waals surface area contributed by atoms with Crippen molar-refractivity contribution in [3.05, 3.63) is 134 Å². The van der Waals surface area contributed by atoms with Crippen LogP contribution in [-0.2, 0) is 12.1 Å². The lowest BCUT2D eigenvalue weighted by Gasteiger charge is -2.30. The second kappa shape index (κ2) is 11.8. The van der Waals surface area contributed by atoms with Crippen molar-refractivity contribution in [3.8, 4) is 5.75 Å². The minimum atomic E-state index is -4.63. The molecule has 4 aromatic carbocycles. The second-order valence-electron chi connectivity index (χ2n) is 9.36. The third-order valence-corrected chi connectivity index (χ3v) is 7.64. The minimum absolute atomic E-state index is 0.0310. The normalized spacial score (nSPS) is 17.0. The summed E-state index contributed by atoms with van der Waals surface area (Å²) in [7, 11) is 1.35. The average molecular weight is 618 g/mol. The summed E-state index contributed by atoms with van der Waals surface area (Å²) < 4.78 is 47.0. The summed E-state index contributed by atoms with van der Waals surface area (Å²) in [4.78, 5) is 20.6. The van der Waals surface area contributed by atoms with E-state index in [1.54, 1.807) is 72.8 Å². The summed E-state index contributed by atoms with van der Waals surface area (Å²) in [5.74, 6) is -0.0167. The fraction of sp³-hybridized carbons (Fsp3) is 0.161. The molecule has 0 saturated carbocycles. The number of amidine groups is 1. The number of benzene rings is 4. The van der Waals surface area contributed by atoms with E-state index in [0.29, 0.717) is 26.7 Å². The van der Waals surface area contributed by atoms with Gasteiger partial charge >= 0.3 is 6.18 Å². The maximum Gasteiger partial charge on any atom is 0.416 e. The zero-order chi connectivity index (χ0) is 29.3. The number of halogens is 6. The van der Waals surface area contributed by atoms with Gasteiger partial charge < -0.3 is 4.74 Å². The number of amides is 1. The molecule has 4 nitrogen and oxygen atoms in total. The van der Waals surface area contributed by atoms with E-state index in [1.165, 1.54) is 18.1 Å². The molecule has 10 heteroatoms. The largest absolute Gasteiger partial charge is 0.496 e. The Hall–Kier alpha value is -3.52. The summed E-state index contributed by atoms with van der Waals surface area (Å²) in [5, 5.41) is 0.996. The Kier molecular flexibility index (Phi) is 8.32. The number of hydrogen-bond acceptors (Lipinski definition) is 3. The minimum Gasteiger partial charge on any atom is -0.496 e. The lowest BCUT2D eigenvalue weighted by atomic mass is 9.93. The van der Waals surface area contributed by atoms with Crippen molar-refractivity contribution >= 4 is 46.5 Å². The van der Waals surface area contributed by atoms with Crippen molar-refractivity contribution in [1.29, 1.82) is 0 Å². The molecule has 0 saturated heterocycles. The van der Waals surface area contributed by atoms with E-state index < -0.39 is 29.7 Å². The molecule has 0 radical (unpaired) electrons. The molecular formula is C31H22Cl3F3N2O2. The van der Waals surface area contributed by atoms with Gasteiger partial charge in [0.15, 0.2) is 0 Å². The van der Waals surface area contributed by atoms with Crippen LogP contribution in [0.5, 0.6) is 5.75 Å². The molecule has 4 aromatic rings. The van der Waals surface area contributed by atoms with Gasteiger partial charge in [0.2, 0.25) is 0 Å². The molecule has 0 fully saturated rings. The quantitative estimate of drug-likeness (QED) is 0.203. The molecule has 1 aliphatic rings. The Morgan fingerprint density at radius 3 is 2.00 bits per heavy atom. The highest BCUT2D eigenvalue weighted by Gasteiger charge is 2.44. The van der Waals surface area contributed by atoms with E-state index in [1.807, 2.05) is 0 Å². The Balaban J connectivity index is 1.76. The van der Waals surface area contributed by atoms with E-state index in [4.69, 9.17) is 44.5 Å². The highest BCUT2D eigenvalue weighted by Crippen LogP contribution is 2.46. The maximum atomic E-state index is 14.3. The lowest BCUT2D eigenvalue weighted by molar-refractivity contribution is -0.137. The van der Waals surface area contributed by atoms with Crippen LogP contribution in [-0.4, -0.2) is 23.8 Å². The molecule has 0 aliphatic carbocycles. The number of methoxy groups -OCH3 is 1. The van der Waals surface area contributed by atoms with Crippen molar-refractivity contribution < 1.29 is 22.7 Å². The van der Waals surface area contributed by atoms with Gasteiger partial charge in [-0.1, -0.05) is 59.6 Å². The molecule has 0 bridgehead atoms. The van der Waals surface area contributed by atoms with Gasteiger partial charge in [-0.15, -0.1) is 11.6 Å². The average Bonchev–Trinajstić information content (AvgIpc) is 3.37. The topological polar surface area (TPSA) is 41.9 Å². The monoisotopic (exact) mass is 616 g/mol. The van der Waals surface area contributed by atoms with E-state index >= 15 is 0 Å². The van der Waals surface area contributed by atoms with E-state index in [9.17, 15) is 18.0 Å². The molecule has 2 atom stereocenters. The van der Waals surface area contributed by atoms with Crippen molar-refractivity contribution in [1.82, 2.24) is 4.90 Å². The van der Waals surface area contributed by atoms with Gasteiger partial charge in [0.05, 0.1) is 24.3 Å². The van der Waals surface area contributed by atoms with Gasteiger partial charge in [0, 0.05) is 21.5 Å². The number of aliphatic imine (C=N–C) groups is 1. The second-order valence-corrected chi connectivity index (χ2v) is 10.5. The lowest BCUT2D eigenvalue weighted by Crippen LogP contribution is -2.38. The van der Waals surface area contributed by atoms with Crippen LogP contribution < -0.4 is 4.74 Å². The van der Waals surface area contributed by atoms with Crippen LogP contribution >= 0.6 is 34.8 Å². The first-order chi connectivity index (χ1) is 19.6. The molecule has 5 rings (SSSR count). The van der Waals surface area contributed by atoms with Crippen LogP contribution in [0, 0.1) is 0 Å². The van der Waals surface area contributed by atoms with Crippen LogP contribution in [0.2, 0.25) is 10.0 Å². The van der Waals surface area contributed by atoms with Crippen LogP contribution in [0.25, 0.3) is 0 Å². The zero-order valence-corrected chi connectivity index (χ0v) is 23.8. The van der Waals surface area contributed by atoms with E-state index in [0.717, 1.165) is 17.7 Å². The molecule has 41 heavy (non-hydrogen) atoms. The predicted octanol–water partition coefficient (Wildman–Crippen LogP) is 9.14. The molecule has 1 amide bonds. The van der Waals surface area contributed by atoms with Gasteiger partial charge in [0.1, 0.15) is 17.6 Å². The van der Waals surface area contributed by atoms with Gasteiger partial charge in [-0.25, -0.2) is 0 Å². The predicted molar refractivity (Wildman–Crippen MR) is 155 cm³/mol. The number of nitrogens with zero attached hydrogens (tertiary/aromatic N) is 2. The van der Waals surface area contributed by atoms with Crippen LogP contribution in [0.3, 0.4) is 0 Å². The van der Waals surface area contributed by atoms with Gasteiger partial charge in [-0.3, -0.25) is 14.7 Å². The standard InChI is InChI=1S/C31H22Cl3F3N2O2/c1-41-26-15-10-22(31(35,36)37)16-25(26)29-38-27(19-6-11-23(33)12-7-19)28(20-8-13-24(34)14-9-20)39(29)30(40)21-4-2-18(17-32)3-5-21/h2-16,27-28H,17H2,1H3. The molecule has 2 unspecified atom stereocenters. The SMILES string of the molecule is COc1ccc(C(F)(F)F)cc1C1=NC(c2ccc(Cl)cc2)C(c2ccc(Cl)cc2)N1C(=O)c1ccc(CCl)cc1. The Morgan fingerprint density at radius 2 is 1.46 bits per heavy atom.